The van der Waals surface area contributed by atoms with Crippen molar-refractivity contribution in [3.63, 3.8) is 0 Å². The van der Waals surface area contributed by atoms with Crippen LogP contribution in [0.5, 0.6) is 0 Å². The molecule has 0 saturated carbocycles. The fraction of sp³-hybridized carbons (Fsp3) is 0.500. The third-order valence-electron chi connectivity index (χ3n) is 2.56. The molecule has 0 aliphatic heterocycles. The van der Waals surface area contributed by atoms with Crippen LogP contribution in [-0.4, -0.2) is 26.8 Å². The molecule has 4 heteroatoms. The van der Waals surface area contributed by atoms with Crippen molar-refractivity contribution in [1.82, 2.24) is 5.32 Å². The van der Waals surface area contributed by atoms with Crippen LogP contribution >= 0.6 is 0 Å². The predicted octanol–water partition coefficient (Wildman–Crippen LogP) is 2.13. The van der Waals surface area contributed by atoms with E-state index in [1.807, 2.05) is 7.05 Å². The number of benzene rings is 1. The van der Waals surface area contributed by atoms with Gasteiger partial charge in [-0.05, 0) is 31.5 Å². The van der Waals surface area contributed by atoms with E-state index >= 15 is 0 Å². The molecule has 1 atom stereocenters. The van der Waals surface area contributed by atoms with E-state index in [4.69, 9.17) is 4.74 Å². The summed E-state index contributed by atoms with van der Waals surface area (Å²) in [5.74, 6) is -1.03. The van der Waals surface area contributed by atoms with Gasteiger partial charge in [0.25, 0.3) is 0 Å². The second-order valence-electron chi connectivity index (χ2n) is 3.71. The Morgan fingerprint density at radius 1 is 1.38 bits per heavy atom. The first-order valence-electron chi connectivity index (χ1n) is 5.27. The molecular weight excluding hydrogens is 212 g/mol. The molecule has 16 heavy (non-hydrogen) atoms. The molecule has 2 nitrogen and oxygen atoms in total. The van der Waals surface area contributed by atoms with Crippen LogP contribution in [0.15, 0.2) is 18.2 Å². The Morgan fingerprint density at radius 3 is 2.69 bits per heavy atom. The lowest BCUT2D eigenvalue weighted by Gasteiger charge is -2.16. The van der Waals surface area contributed by atoms with Gasteiger partial charge in [-0.3, -0.25) is 0 Å². The summed E-state index contributed by atoms with van der Waals surface area (Å²) in [6, 6.07) is 3.82. The number of hydrogen-bond donors (Lipinski definition) is 1. The Bertz CT molecular complexity index is 331. The zero-order valence-electron chi connectivity index (χ0n) is 9.59. The van der Waals surface area contributed by atoms with Gasteiger partial charge in [0.05, 0.1) is 0 Å². The molecule has 0 spiro atoms. The van der Waals surface area contributed by atoms with E-state index in [-0.39, 0.29) is 6.04 Å². The summed E-state index contributed by atoms with van der Waals surface area (Å²) in [5, 5.41) is 3.09. The minimum Gasteiger partial charge on any atom is -0.385 e. The highest BCUT2D eigenvalue weighted by atomic mass is 19.1. The third-order valence-corrected chi connectivity index (χ3v) is 2.56. The van der Waals surface area contributed by atoms with Crippen LogP contribution in [0, 0.1) is 11.6 Å². The first-order chi connectivity index (χ1) is 7.67. The quantitative estimate of drug-likeness (QED) is 0.807. The molecule has 1 unspecified atom stereocenters. The SMILES string of the molecule is CNC(CCOC)Cc1ccc(F)cc1F. The lowest BCUT2D eigenvalue weighted by atomic mass is 10.0. The molecule has 90 valence electrons. The maximum atomic E-state index is 13.4. The summed E-state index contributed by atoms with van der Waals surface area (Å²) in [6.45, 7) is 0.619. The van der Waals surface area contributed by atoms with Gasteiger partial charge >= 0.3 is 0 Å². The number of hydrogen-bond acceptors (Lipinski definition) is 2. The monoisotopic (exact) mass is 229 g/mol. The van der Waals surface area contributed by atoms with E-state index in [1.165, 1.54) is 12.1 Å². The van der Waals surface area contributed by atoms with E-state index in [0.717, 1.165) is 12.5 Å². The molecule has 0 saturated heterocycles. The Hall–Kier alpha value is -1.00. The lowest BCUT2D eigenvalue weighted by Crippen LogP contribution is -2.29. The van der Waals surface area contributed by atoms with Gasteiger partial charge in [-0.2, -0.15) is 0 Å². The molecule has 0 aliphatic carbocycles. The van der Waals surface area contributed by atoms with E-state index < -0.39 is 11.6 Å². The van der Waals surface area contributed by atoms with Crippen LogP contribution in [0.1, 0.15) is 12.0 Å². The Labute approximate surface area is 94.6 Å². The Balaban J connectivity index is 2.62. The number of rotatable bonds is 6. The second kappa shape index (κ2) is 6.55. The zero-order valence-corrected chi connectivity index (χ0v) is 9.59. The molecule has 1 aromatic rings. The highest BCUT2D eigenvalue weighted by molar-refractivity contribution is 5.19. The molecule has 0 heterocycles. The Kier molecular flexibility index (Phi) is 5.35. The second-order valence-corrected chi connectivity index (χ2v) is 3.71. The molecule has 0 amide bonds. The molecule has 1 aromatic carbocycles. The normalized spacial score (nSPS) is 12.8. The largest absolute Gasteiger partial charge is 0.385 e. The fourth-order valence-electron chi connectivity index (χ4n) is 1.56. The minimum absolute atomic E-state index is 0.139. The number of halogens is 2. The summed E-state index contributed by atoms with van der Waals surface area (Å²) in [7, 11) is 3.45. The van der Waals surface area contributed by atoms with Gasteiger partial charge in [0, 0.05) is 25.8 Å². The van der Waals surface area contributed by atoms with Gasteiger partial charge in [-0.25, -0.2) is 8.78 Å². The maximum Gasteiger partial charge on any atom is 0.129 e. The van der Waals surface area contributed by atoms with Crippen molar-refractivity contribution in [1.29, 1.82) is 0 Å². The van der Waals surface area contributed by atoms with Gasteiger partial charge in [0.2, 0.25) is 0 Å². The molecule has 0 aliphatic rings. The van der Waals surface area contributed by atoms with Gasteiger partial charge in [0.1, 0.15) is 11.6 Å². The summed E-state index contributed by atoms with van der Waals surface area (Å²) >= 11 is 0. The molecule has 1 rings (SSSR count). The third kappa shape index (κ3) is 3.87. The van der Waals surface area contributed by atoms with Crippen LogP contribution in [0.2, 0.25) is 0 Å². The van der Waals surface area contributed by atoms with Crippen molar-refractivity contribution in [3.05, 3.63) is 35.4 Å². The smallest absolute Gasteiger partial charge is 0.129 e. The van der Waals surface area contributed by atoms with Crippen LogP contribution in [-0.2, 0) is 11.2 Å². The number of nitrogens with one attached hydrogen (secondary N) is 1. The topological polar surface area (TPSA) is 21.3 Å². The van der Waals surface area contributed by atoms with Crippen molar-refractivity contribution in [3.8, 4) is 0 Å². The first-order valence-corrected chi connectivity index (χ1v) is 5.27. The molecule has 0 fully saturated rings. The van der Waals surface area contributed by atoms with E-state index in [0.29, 0.717) is 18.6 Å². The summed E-state index contributed by atoms with van der Waals surface area (Å²) < 4.78 is 31.0. The van der Waals surface area contributed by atoms with Gasteiger partial charge in [0.15, 0.2) is 0 Å². The minimum atomic E-state index is -0.542. The average molecular weight is 229 g/mol. The molecule has 0 aromatic heterocycles. The van der Waals surface area contributed by atoms with Crippen LogP contribution in [0.25, 0.3) is 0 Å². The molecule has 0 bridgehead atoms. The van der Waals surface area contributed by atoms with E-state index in [9.17, 15) is 8.78 Å². The van der Waals surface area contributed by atoms with Gasteiger partial charge in [-0.15, -0.1) is 0 Å². The van der Waals surface area contributed by atoms with E-state index in [2.05, 4.69) is 5.32 Å². The predicted molar refractivity (Wildman–Crippen MR) is 59.4 cm³/mol. The number of likely N-dealkylation sites (N-methyl/N-ethyl adjacent to an activating group) is 1. The summed E-state index contributed by atoms with van der Waals surface area (Å²) in [4.78, 5) is 0. The highest BCUT2D eigenvalue weighted by Gasteiger charge is 2.10. The maximum absolute atomic E-state index is 13.4. The van der Waals surface area contributed by atoms with E-state index in [1.54, 1.807) is 7.11 Å². The standard InChI is InChI=1S/C12H17F2NO/c1-15-11(5-6-16-2)7-9-3-4-10(13)8-12(9)14/h3-4,8,11,15H,5-7H2,1-2H3. The van der Waals surface area contributed by atoms with Crippen LogP contribution in [0.4, 0.5) is 8.78 Å². The van der Waals surface area contributed by atoms with Crippen molar-refractivity contribution in [2.45, 2.75) is 18.9 Å². The fourth-order valence-corrected chi connectivity index (χ4v) is 1.56. The van der Waals surface area contributed by atoms with Crippen LogP contribution in [0.3, 0.4) is 0 Å². The van der Waals surface area contributed by atoms with Crippen molar-refractivity contribution < 1.29 is 13.5 Å². The number of methoxy groups -OCH3 is 1. The average Bonchev–Trinajstić information content (AvgIpc) is 2.27. The van der Waals surface area contributed by atoms with Crippen LogP contribution < -0.4 is 5.32 Å². The number of ether oxygens (including phenoxy) is 1. The van der Waals surface area contributed by atoms with Crippen molar-refractivity contribution >= 4 is 0 Å². The first kappa shape index (κ1) is 13.1. The van der Waals surface area contributed by atoms with Crippen molar-refractivity contribution in [2.24, 2.45) is 0 Å². The zero-order chi connectivity index (χ0) is 12.0. The van der Waals surface area contributed by atoms with Crippen molar-refractivity contribution in [2.75, 3.05) is 20.8 Å². The lowest BCUT2D eigenvalue weighted by molar-refractivity contribution is 0.183. The summed E-state index contributed by atoms with van der Waals surface area (Å²) in [6.07, 6.45) is 1.33. The Morgan fingerprint density at radius 2 is 2.12 bits per heavy atom. The summed E-state index contributed by atoms with van der Waals surface area (Å²) in [5.41, 5.74) is 0.525. The molecule has 1 N–H and O–H groups in total. The molecule has 0 radical (unpaired) electrons. The van der Waals surface area contributed by atoms with Gasteiger partial charge < -0.3 is 10.1 Å². The molecular formula is C12H17F2NO. The highest BCUT2D eigenvalue weighted by Crippen LogP contribution is 2.12. The van der Waals surface area contributed by atoms with Gasteiger partial charge in [-0.1, -0.05) is 6.07 Å².